The Morgan fingerprint density at radius 1 is 1.17 bits per heavy atom. The molecule has 0 saturated carbocycles. The number of guanidine groups is 1. The lowest BCUT2D eigenvalue weighted by molar-refractivity contribution is 0.352. The number of methoxy groups -OCH3 is 2. The Bertz CT molecular complexity index is 517. The summed E-state index contributed by atoms with van der Waals surface area (Å²) in [6.07, 6.45) is 2.34. The van der Waals surface area contributed by atoms with Crippen molar-refractivity contribution in [3.8, 4) is 11.5 Å². The number of hydrogen-bond acceptors (Lipinski definition) is 3. The molecule has 130 valence electrons. The molecule has 0 aliphatic rings. The van der Waals surface area contributed by atoms with Gasteiger partial charge in [0.2, 0.25) is 0 Å². The standard InChI is InChI=1S/C17H28BrN3O2/c1-6-12(7-2)10-20-17(19-3)21-11-13-8-14(18)16(23-5)15(9-13)22-4/h8-9,12H,6-7,10-11H2,1-5H3,(H2,19,20,21). The van der Waals surface area contributed by atoms with Crippen LogP contribution in [0.2, 0.25) is 0 Å². The van der Waals surface area contributed by atoms with E-state index in [0.717, 1.165) is 22.5 Å². The quantitative estimate of drug-likeness (QED) is 0.530. The second kappa shape index (κ2) is 10.4. The van der Waals surface area contributed by atoms with E-state index in [1.807, 2.05) is 12.1 Å². The summed E-state index contributed by atoms with van der Waals surface area (Å²) in [5, 5.41) is 6.71. The highest BCUT2D eigenvalue weighted by atomic mass is 79.9. The summed E-state index contributed by atoms with van der Waals surface area (Å²) in [4.78, 5) is 4.27. The second-order valence-corrected chi connectivity index (χ2v) is 6.16. The molecular formula is C17H28BrN3O2. The SMILES string of the molecule is CCC(CC)CNC(=NC)NCc1cc(Br)c(OC)c(OC)c1. The minimum absolute atomic E-state index is 0.654. The molecule has 2 N–H and O–H groups in total. The van der Waals surface area contributed by atoms with Crippen molar-refractivity contribution < 1.29 is 9.47 Å². The molecule has 1 aromatic rings. The highest BCUT2D eigenvalue weighted by Gasteiger charge is 2.11. The maximum Gasteiger partial charge on any atom is 0.191 e. The zero-order valence-corrected chi connectivity index (χ0v) is 16.3. The van der Waals surface area contributed by atoms with Gasteiger partial charge in [-0.05, 0) is 39.5 Å². The smallest absolute Gasteiger partial charge is 0.191 e. The van der Waals surface area contributed by atoms with Gasteiger partial charge in [0.15, 0.2) is 17.5 Å². The summed E-state index contributed by atoms with van der Waals surface area (Å²) in [5.41, 5.74) is 1.08. The number of halogens is 1. The molecule has 0 fully saturated rings. The molecule has 0 aliphatic carbocycles. The Morgan fingerprint density at radius 2 is 1.87 bits per heavy atom. The van der Waals surface area contributed by atoms with E-state index < -0.39 is 0 Å². The topological polar surface area (TPSA) is 54.9 Å². The van der Waals surface area contributed by atoms with Gasteiger partial charge in [0.05, 0.1) is 18.7 Å². The van der Waals surface area contributed by atoms with Crippen LogP contribution in [0.3, 0.4) is 0 Å². The summed E-state index contributed by atoms with van der Waals surface area (Å²) < 4.78 is 11.6. The first-order chi connectivity index (χ1) is 11.1. The zero-order chi connectivity index (χ0) is 17.2. The van der Waals surface area contributed by atoms with Gasteiger partial charge < -0.3 is 20.1 Å². The Labute approximate surface area is 148 Å². The largest absolute Gasteiger partial charge is 0.493 e. The molecule has 0 heterocycles. The van der Waals surface area contributed by atoms with E-state index in [2.05, 4.69) is 45.4 Å². The molecule has 0 atom stereocenters. The van der Waals surface area contributed by atoms with E-state index in [0.29, 0.717) is 24.0 Å². The maximum absolute atomic E-state index is 5.37. The van der Waals surface area contributed by atoms with Crippen LogP contribution in [0.1, 0.15) is 32.3 Å². The molecule has 0 aromatic heterocycles. The number of ether oxygens (including phenoxy) is 2. The van der Waals surface area contributed by atoms with Crippen molar-refractivity contribution in [1.29, 1.82) is 0 Å². The van der Waals surface area contributed by atoms with Crippen LogP contribution >= 0.6 is 15.9 Å². The minimum atomic E-state index is 0.654. The second-order valence-electron chi connectivity index (χ2n) is 5.30. The number of nitrogens with one attached hydrogen (secondary N) is 2. The van der Waals surface area contributed by atoms with Gasteiger partial charge in [-0.2, -0.15) is 0 Å². The van der Waals surface area contributed by atoms with Crippen molar-refractivity contribution in [2.45, 2.75) is 33.2 Å². The van der Waals surface area contributed by atoms with Crippen LogP contribution in [-0.2, 0) is 6.54 Å². The molecule has 1 aromatic carbocycles. The third kappa shape index (κ3) is 5.94. The number of nitrogens with zero attached hydrogens (tertiary/aromatic N) is 1. The molecule has 23 heavy (non-hydrogen) atoms. The van der Waals surface area contributed by atoms with Crippen molar-refractivity contribution >= 4 is 21.9 Å². The first kappa shape index (κ1) is 19.6. The maximum atomic E-state index is 5.37. The first-order valence-electron chi connectivity index (χ1n) is 7.94. The van der Waals surface area contributed by atoms with Gasteiger partial charge in [0.1, 0.15) is 0 Å². The van der Waals surface area contributed by atoms with Crippen molar-refractivity contribution in [1.82, 2.24) is 10.6 Å². The molecule has 6 heteroatoms. The van der Waals surface area contributed by atoms with Gasteiger partial charge in [0.25, 0.3) is 0 Å². The van der Waals surface area contributed by atoms with Crippen LogP contribution < -0.4 is 20.1 Å². The predicted molar refractivity (Wildman–Crippen MR) is 99.5 cm³/mol. The molecule has 0 aliphatic heterocycles. The lowest BCUT2D eigenvalue weighted by atomic mass is 10.0. The fourth-order valence-electron chi connectivity index (χ4n) is 2.30. The molecule has 0 saturated heterocycles. The summed E-state index contributed by atoms with van der Waals surface area (Å²) in [6.45, 7) is 6.02. The molecule has 1 rings (SSSR count). The normalized spacial score (nSPS) is 11.5. The Balaban J connectivity index is 2.67. The number of rotatable bonds is 8. The Kier molecular flexibility index (Phi) is 8.84. The Morgan fingerprint density at radius 3 is 2.39 bits per heavy atom. The lowest BCUT2D eigenvalue weighted by Crippen LogP contribution is -2.39. The van der Waals surface area contributed by atoms with Crippen molar-refractivity contribution in [2.24, 2.45) is 10.9 Å². The fraction of sp³-hybridized carbons (Fsp3) is 0.588. The van der Waals surface area contributed by atoms with Gasteiger partial charge in [-0.15, -0.1) is 0 Å². The molecule has 5 nitrogen and oxygen atoms in total. The fourth-order valence-corrected chi connectivity index (χ4v) is 2.95. The molecule has 0 spiro atoms. The van der Waals surface area contributed by atoms with Gasteiger partial charge in [-0.3, -0.25) is 4.99 Å². The number of hydrogen-bond donors (Lipinski definition) is 2. The highest BCUT2D eigenvalue weighted by Crippen LogP contribution is 2.36. The van der Waals surface area contributed by atoms with E-state index in [1.165, 1.54) is 12.8 Å². The van der Waals surface area contributed by atoms with Crippen LogP contribution in [0.25, 0.3) is 0 Å². The van der Waals surface area contributed by atoms with Crippen LogP contribution in [0.15, 0.2) is 21.6 Å². The molecule has 0 radical (unpaired) electrons. The van der Waals surface area contributed by atoms with Crippen LogP contribution in [0, 0.1) is 5.92 Å². The van der Waals surface area contributed by atoms with E-state index >= 15 is 0 Å². The van der Waals surface area contributed by atoms with Gasteiger partial charge in [-0.1, -0.05) is 26.7 Å². The zero-order valence-electron chi connectivity index (χ0n) is 14.7. The molecule has 0 bridgehead atoms. The highest BCUT2D eigenvalue weighted by molar-refractivity contribution is 9.10. The average molecular weight is 386 g/mol. The lowest BCUT2D eigenvalue weighted by Gasteiger charge is -2.17. The van der Waals surface area contributed by atoms with Crippen LogP contribution in [-0.4, -0.2) is 33.8 Å². The van der Waals surface area contributed by atoms with E-state index in [1.54, 1.807) is 21.3 Å². The van der Waals surface area contributed by atoms with Crippen LogP contribution in [0.4, 0.5) is 0 Å². The third-order valence-electron chi connectivity index (χ3n) is 3.89. The summed E-state index contributed by atoms with van der Waals surface area (Å²) >= 11 is 3.51. The molecular weight excluding hydrogens is 358 g/mol. The summed E-state index contributed by atoms with van der Waals surface area (Å²) in [5.74, 6) is 2.89. The van der Waals surface area contributed by atoms with Crippen molar-refractivity contribution in [2.75, 3.05) is 27.8 Å². The van der Waals surface area contributed by atoms with Gasteiger partial charge >= 0.3 is 0 Å². The summed E-state index contributed by atoms with van der Waals surface area (Å²) in [7, 11) is 5.05. The van der Waals surface area contributed by atoms with Crippen molar-refractivity contribution in [3.63, 3.8) is 0 Å². The van der Waals surface area contributed by atoms with Gasteiger partial charge in [-0.25, -0.2) is 0 Å². The van der Waals surface area contributed by atoms with E-state index in [4.69, 9.17) is 9.47 Å². The average Bonchev–Trinajstić information content (AvgIpc) is 2.57. The Hall–Kier alpha value is -1.43. The predicted octanol–water partition coefficient (Wildman–Crippen LogP) is 3.57. The van der Waals surface area contributed by atoms with Crippen molar-refractivity contribution in [3.05, 3.63) is 22.2 Å². The van der Waals surface area contributed by atoms with Crippen LogP contribution in [0.5, 0.6) is 11.5 Å². The van der Waals surface area contributed by atoms with Gasteiger partial charge in [0, 0.05) is 20.1 Å². The minimum Gasteiger partial charge on any atom is -0.493 e. The van der Waals surface area contributed by atoms with E-state index in [-0.39, 0.29) is 0 Å². The molecule has 0 unspecified atom stereocenters. The summed E-state index contributed by atoms with van der Waals surface area (Å²) in [6, 6.07) is 3.98. The first-order valence-corrected chi connectivity index (χ1v) is 8.73. The monoisotopic (exact) mass is 385 g/mol. The van der Waals surface area contributed by atoms with E-state index in [9.17, 15) is 0 Å². The molecule has 0 amide bonds. The number of benzene rings is 1. The number of aliphatic imine (C=N–C) groups is 1. The third-order valence-corrected chi connectivity index (χ3v) is 4.48.